The molecular formula is C32H37NO4. The van der Waals surface area contributed by atoms with Crippen molar-refractivity contribution in [1.82, 2.24) is 0 Å². The van der Waals surface area contributed by atoms with Gasteiger partial charge in [-0.25, -0.2) is 0 Å². The molecule has 194 valence electrons. The number of fused-ring (bicyclic) bond motifs is 3. The average molecular weight is 500 g/mol. The molecule has 1 N–H and O–H groups in total. The minimum atomic E-state index is -0.340. The molecule has 0 bridgehead atoms. The van der Waals surface area contributed by atoms with Crippen molar-refractivity contribution < 1.29 is 19.4 Å². The number of hydrogen-bond acceptors (Lipinski definition) is 4. The highest BCUT2D eigenvalue weighted by atomic mass is 16.5. The van der Waals surface area contributed by atoms with Gasteiger partial charge in [0.2, 0.25) is 11.8 Å². The number of phenols is 1. The lowest BCUT2D eigenvalue weighted by Gasteiger charge is -2.33. The molecule has 2 amide bonds. The van der Waals surface area contributed by atoms with E-state index in [4.69, 9.17) is 4.74 Å². The van der Waals surface area contributed by atoms with Crippen molar-refractivity contribution in [1.29, 1.82) is 0 Å². The molecule has 0 saturated carbocycles. The number of rotatable bonds is 8. The van der Waals surface area contributed by atoms with Crippen LogP contribution in [0, 0.1) is 23.7 Å². The Hall–Kier alpha value is -3.18. The van der Waals surface area contributed by atoms with E-state index in [0.29, 0.717) is 24.6 Å². The number of carbonyl (C=O) groups is 2. The fraction of sp³-hybridized carbons (Fsp3) is 0.438. The van der Waals surface area contributed by atoms with E-state index in [1.54, 1.807) is 12.1 Å². The zero-order valence-corrected chi connectivity index (χ0v) is 22.0. The van der Waals surface area contributed by atoms with Gasteiger partial charge in [-0.15, -0.1) is 0 Å². The normalized spacial score (nSPS) is 25.7. The van der Waals surface area contributed by atoms with Crippen molar-refractivity contribution in [2.24, 2.45) is 23.7 Å². The molecule has 0 aromatic heterocycles. The number of para-hydroxylation sites is 1. The zero-order chi connectivity index (χ0) is 26.1. The summed E-state index contributed by atoms with van der Waals surface area (Å²) in [6, 6.07) is 16.7. The Kier molecular flexibility index (Phi) is 7.34. The molecule has 5 rings (SSSR count). The number of aromatic hydroxyl groups is 1. The van der Waals surface area contributed by atoms with Crippen LogP contribution in [0.3, 0.4) is 0 Å². The van der Waals surface area contributed by atoms with Gasteiger partial charge in [0.05, 0.1) is 30.2 Å². The van der Waals surface area contributed by atoms with Crippen LogP contribution >= 0.6 is 0 Å². The third-order valence-corrected chi connectivity index (χ3v) is 8.20. The Morgan fingerprint density at radius 1 is 1.05 bits per heavy atom. The first-order valence-corrected chi connectivity index (χ1v) is 13.6. The Morgan fingerprint density at radius 3 is 2.54 bits per heavy atom. The van der Waals surface area contributed by atoms with E-state index >= 15 is 0 Å². The Balaban J connectivity index is 1.40. The lowest BCUT2D eigenvalue weighted by molar-refractivity contribution is -0.122. The van der Waals surface area contributed by atoms with E-state index in [2.05, 4.69) is 26.8 Å². The maximum absolute atomic E-state index is 13.7. The van der Waals surface area contributed by atoms with Crippen molar-refractivity contribution in [2.75, 3.05) is 11.5 Å². The second-order valence-electron chi connectivity index (χ2n) is 10.9. The summed E-state index contributed by atoms with van der Waals surface area (Å²) in [5.41, 5.74) is 5.59. The maximum Gasteiger partial charge on any atom is 0.238 e. The monoisotopic (exact) mass is 499 g/mol. The van der Waals surface area contributed by atoms with E-state index < -0.39 is 0 Å². The first-order chi connectivity index (χ1) is 17.9. The average Bonchev–Trinajstić information content (AvgIpc) is 3.41. The second-order valence-corrected chi connectivity index (χ2v) is 10.9. The summed E-state index contributed by atoms with van der Waals surface area (Å²) in [7, 11) is 0. The molecule has 5 heteroatoms. The van der Waals surface area contributed by atoms with Crippen molar-refractivity contribution >= 4 is 23.6 Å². The second kappa shape index (κ2) is 10.7. The van der Waals surface area contributed by atoms with Crippen molar-refractivity contribution in [3.05, 3.63) is 76.9 Å². The molecule has 2 aliphatic heterocycles. The smallest absolute Gasteiger partial charge is 0.238 e. The molecular weight excluding hydrogens is 462 g/mol. The fourth-order valence-corrected chi connectivity index (χ4v) is 6.55. The van der Waals surface area contributed by atoms with Crippen LogP contribution in [0.4, 0.5) is 5.69 Å². The fourth-order valence-electron chi connectivity index (χ4n) is 6.55. The van der Waals surface area contributed by atoms with Gasteiger partial charge >= 0.3 is 0 Å². The van der Waals surface area contributed by atoms with Crippen LogP contribution in [0.1, 0.15) is 58.4 Å². The maximum atomic E-state index is 13.7. The summed E-state index contributed by atoms with van der Waals surface area (Å²) < 4.78 is 6.40. The molecule has 2 aromatic carbocycles. The molecule has 2 heterocycles. The lowest BCUT2D eigenvalue weighted by Crippen LogP contribution is -2.35. The summed E-state index contributed by atoms with van der Waals surface area (Å²) in [5.74, 6) is -0.247. The van der Waals surface area contributed by atoms with Gasteiger partial charge < -0.3 is 9.84 Å². The largest absolute Gasteiger partial charge is 0.508 e. The number of ether oxygens (including phenoxy) is 1. The summed E-state index contributed by atoms with van der Waals surface area (Å²) in [6.07, 6.45) is 6.59. The molecule has 5 nitrogen and oxygen atoms in total. The van der Waals surface area contributed by atoms with E-state index in [-0.39, 0.29) is 41.4 Å². The molecule has 1 aliphatic carbocycles. The predicted molar refractivity (Wildman–Crippen MR) is 146 cm³/mol. The number of hydrogen-bond donors (Lipinski definition) is 1. The summed E-state index contributed by atoms with van der Waals surface area (Å²) in [5, 5.41) is 9.86. The number of amides is 2. The quantitative estimate of drug-likeness (QED) is 0.331. The van der Waals surface area contributed by atoms with E-state index in [9.17, 15) is 14.7 Å². The van der Waals surface area contributed by atoms with E-state index in [1.807, 2.05) is 42.5 Å². The third-order valence-electron chi connectivity index (χ3n) is 8.20. The number of allylic oxidation sites excluding steroid dienone is 2. The molecule has 2 fully saturated rings. The Labute approximate surface area is 219 Å². The third kappa shape index (κ3) is 4.89. The van der Waals surface area contributed by atoms with Crippen LogP contribution in [-0.2, 0) is 14.3 Å². The van der Waals surface area contributed by atoms with Crippen molar-refractivity contribution in [3.8, 4) is 5.75 Å². The SMILES string of the molecule is CCC/C(=C\c1cccc(O)c1)CC[C@H]1OC[C@H]2C1=C(C(C)C)C[C@H]1C(=O)N(c3ccccc3)C(=O)[C@H]12. The lowest BCUT2D eigenvalue weighted by atomic mass is 9.67. The van der Waals surface area contributed by atoms with Crippen LogP contribution in [0.25, 0.3) is 6.08 Å². The highest BCUT2D eigenvalue weighted by Crippen LogP contribution is 2.52. The van der Waals surface area contributed by atoms with Gasteiger partial charge in [-0.2, -0.15) is 0 Å². The number of phenolic OH excluding ortho intramolecular Hbond substituents is 1. The van der Waals surface area contributed by atoms with Crippen molar-refractivity contribution in [2.45, 2.75) is 59.0 Å². The van der Waals surface area contributed by atoms with Crippen LogP contribution in [0.2, 0.25) is 0 Å². The molecule has 0 radical (unpaired) electrons. The zero-order valence-electron chi connectivity index (χ0n) is 22.0. The van der Waals surface area contributed by atoms with Gasteiger partial charge in [0.25, 0.3) is 0 Å². The number of nitrogens with zero attached hydrogens (tertiary/aromatic N) is 1. The topological polar surface area (TPSA) is 66.8 Å². The molecule has 3 aliphatic rings. The van der Waals surface area contributed by atoms with Crippen LogP contribution in [0.15, 0.2) is 71.3 Å². The highest BCUT2D eigenvalue weighted by Gasteiger charge is 2.57. The van der Waals surface area contributed by atoms with Gasteiger partial charge in [-0.05, 0) is 67.0 Å². The number of anilines is 1. The minimum absolute atomic E-state index is 0.0264. The number of carbonyl (C=O) groups excluding carboxylic acids is 2. The summed E-state index contributed by atoms with van der Waals surface area (Å²) >= 11 is 0. The van der Waals surface area contributed by atoms with Gasteiger partial charge in [0.1, 0.15) is 5.75 Å². The Bertz CT molecular complexity index is 1230. The number of imide groups is 1. The molecule has 2 aromatic rings. The molecule has 0 unspecified atom stereocenters. The Morgan fingerprint density at radius 2 is 1.84 bits per heavy atom. The van der Waals surface area contributed by atoms with Crippen LogP contribution in [0.5, 0.6) is 5.75 Å². The first-order valence-electron chi connectivity index (χ1n) is 13.6. The first kappa shape index (κ1) is 25.5. The van der Waals surface area contributed by atoms with E-state index in [1.165, 1.54) is 21.6 Å². The predicted octanol–water partition coefficient (Wildman–Crippen LogP) is 6.53. The van der Waals surface area contributed by atoms with Gasteiger partial charge in [0, 0.05) is 5.92 Å². The number of benzene rings is 2. The molecule has 2 saturated heterocycles. The summed E-state index contributed by atoms with van der Waals surface area (Å²) in [4.78, 5) is 28.6. The van der Waals surface area contributed by atoms with Gasteiger partial charge in [-0.3, -0.25) is 14.5 Å². The van der Waals surface area contributed by atoms with Gasteiger partial charge in [0.15, 0.2) is 0 Å². The summed E-state index contributed by atoms with van der Waals surface area (Å²) in [6.45, 7) is 7.06. The highest BCUT2D eigenvalue weighted by molar-refractivity contribution is 6.22. The van der Waals surface area contributed by atoms with Crippen LogP contribution in [-0.4, -0.2) is 29.6 Å². The van der Waals surface area contributed by atoms with Crippen molar-refractivity contribution in [3.63, 3.8) is 0 Å². The molecule has 0 spiro atoms. The standard InChI is InChI=1S/C32H37NO4/c1-4-9-21(16-22-10-8-13-24(34)17-22)14-15-28-29-25(20(2)3)18-26-30(27(29)19-37-28)32(36)33(31(26)35)23-11-6-5-7-12-23/h5-8,10-13,16-17,20,26-28,30,34H,4,9,14-15,18-19H2,1-3H3/b21-16+/t26-,27+,28-,30-/m1/s1. The van der Waals surface area contributed by atoms with E-state index in [0.717, 1.165) is 31.2 Å². The molecule has 37 heavy (non-hydrogen) atoms. The van der Waals surface area contributed by atoms with Gasteiger partial charge in [-0.1, -0.05) is 74.7 Å². The molecule has 4 atom stereocenters. The minimum Gasteiger partial charge on any atom is -0.508 e. The van der Waals surface area contributed by atoms with Crippen LogP contribution < -0.4 is 4.90 Å².